The van der Waals surface area contributed by atoms with Crippen molar-refractivity contribution in [3.63, 3.8) is 0 Å². The van der Waals surface area contributed by atoms with Crippen molar-refractivity contribution in [2.75, 3.05) is 6.26 Å². The third-order valence-electron chi connectivity index (χ3n) is 0.935. The van der Waals surface area contributed by atoms with Crippen molar-refractivity contribution in [2.45, 2.75) is 5.03 Å². The second kappa shape index (κ2) is 3.59. The molecule has 0 bridgehead atoms. The lowest BCUT2D eigenvalue weighted by molar-refractivity contribution is 0.297. The van der Waals surface area contributed by atoms with Gasteiger partial charge in [0.25, 0.3) is 0 Å². The highest BCUT2D eigenvalue weighted by atomic mass is 35.5. The molecule has 0 unspecified atom stereocenters. The summed E-state index contributed by atoms with van der Waals surface area (Å²) in [7, 11) is 0. The number of halogens is 1. The zero-order chi connectivity index (χ0) is 8.27. The summed E-state index contributed by atoms with van der Waals surface area (Å²) in [4.78, 5) is 0. The molecule has 0 atom stereocenters. The van der Waals surface area contributed by atoms with Crippen LogP contribution in [0.3, 0.4) is 0 Å². The van der Waals surface area contributed by atoms with Crippen LogP contribution in [0.2, 0.25) is 0 Å². The molecule has 1 rings (SSSR count). The predicted octanol–water partition coefficient (Wildman–Crippen LogP) is 1.17. The van der Waals surface area contributed by atoms with Crippen LogP contribution < -0.4 is 0 Å². The van der Waals surface area contributed by atoms with E-state index in [1.165, 1.54) is 11.8 Å². The topological polar surface area (TPSA) is 71.5 Å². The normalized spacial score (nSPS) is 12.0. The first-order chi connectivity index (χ1) is 5.29. The van der Waals surface area contributed by atoms with Crippen LogP contribution in [0.5, 0.6) is 0 Å². The molecule has 11 heavy (non-hydrogen) atoms. The van der Waals surface area contributed by atoms with Gasteiger partial charge in [0.15, 0.2) is 15.9 Å². The van der Waals surface area contributed by atoms with Crippen molar-refractivity contribution < 1.29 is 9.84 Å². The summed E-state index contributed by atoms with van der Waals surface area (Å²) < 4.78 is 4.36. The van der Waals surface area contributed by atoms with Gasteiger partial charge in [-0.3, -0.25) is 0 Å². The number of rotatable bonds is 2. The van der Waals surface area contributed by atoms with Crippen LogP contribution in [-0.4, -0.2) is 26.9 Å². The second-order valence-electron chi connectivity index (χ2n) is 1.51. The average Bonchev–Trinajstić information content (AvgIpc) is 2.50. The summed E-state index contributed by atoms with van der Waals surface area (Å²) >= 11 is 6.74. The van der Waals surface area contributed by atoms with E-state index >= 15 is 0 Å². The number of aromatic nitrogens is 2. The van der Waals surface area contributed by atoms with E-state index in [-0.39, 0.29) is 10.9 Å². The zero-order valence-corrected chi connectivity index (χ0v) is 7.06. The van der Waals surface area contributed by atoms with E-state index in [9.17, 15) is 0 Å². The van der Waals surface area contributed by atoms with Crippen molar-refractivity contribution in [1.82, 2.24) is 10.3 Å². The largest absolute Gasteiger partial charge is 0.410 e. The van der Waals surface area contributed by atoms with Crippen LogP contribution >= 0.6 is 23.4 Å². The van der Waals surface area contributed by atoms with Gasteiger partial charge in [-0.15, -0.1) is 11.8 Å². The molecule has 1 aromatic heterocycles. The van der Waals surface area contributed by atoms with Crippen molar-refractivity contribution in [3.05, 3.63) is 5.69 Å². The molecule has 0 aliphatic rings. The Morgan fingerprint density at radius 3 is 3.00 bits per heavy atom. The summed E-state index contributed by atoms with van der Waals surface area (Å²) in [5.74, 6) is 0. The molecule has 0 spiro atoms. The lowest BCUT2D eigenvalue weighted by Gasteiger charge is -1.87. The van der Waals surface area contributed by atoms with Crippen LogP contribution in [0.15, 0.2) is 14.8 Å². The molecule has 0 aromatic carbocycles. The number of oxime groups is 1. The van der Waals surface area contributed by atoms with Crippen LogP contribution in [0, 0.1) is 0 Å². The van der Waals surface area contributed by atoms with Gasteiger partial charge >= 0.3 is 0 Å². The minimum absolute atomic E-state index is 0.129. The summed E-state index contributed by atoms with van der Waals surface area (Å²) in [5.41, 5.74) is 0.252. The lowest BCUT2D eigenvalue weighted by atomic mass is 10.5. The van der Waals surface area contributed by atoms with E-state index in [1.807, 2.05) is 0 Å². The van der Waals surface area contributed by atoms with Crippen LogP contribution in [0.1, 0.15) is 5.69 Å². The predicted molar refractivity (Wildman–Crippen MR) is 40.3 cm³/mol. The molecular weight excluding hydrogens is 190 g/mol. The van der Waals surface area contributed by atoms with Gasteiger partial charge in [0.05, 0.1) is 0 Å². The molecule has 1 aromatic rings. The van der Waals surface area contributed by atoms with Gasteiger partial charge in [0, 0.05) is 0 Å². The summed E-state index contributed by atoms with van der Waals surface area (Å²) in [5, 5.41) is 18.3. The Balaban J connectivity index is 3.02. The first-order valence-electron chi connectivity index (χ1n) is 2.54. The van der Waals surface area contributed by atoms with Crippen molar-refractivity contribution >= 4 is 28.5 Å². The van der Waals surface area contributed by atoms with Crippen LogP contribution in [0.4, 0.5) is 0 Å². The first-order valence-corrected chi connectivity index (χ1v) is 4.14. The minimum atomic E-state index is -0.129. The SMILES string of the molecule is CSc1nonc1/C(Cl)=N/O. The third-order valence-corrected chi connectivity index (χ3v) is 1.84. The lowest BCUT2D eigenvalue weighted by Crippen LogP contribution is -1.92. The highest BCUT2D eigenvalue weighted by Gasteiger charge is 2.13. The molecule has 0 aliphatic carbocycles. The quantitative estimate of drug-likeness (QED) is 0.330. The highest BCUT2D eigenvalue weighted by Crippen LogP contribution is 2.17. The van der Waals surface area contributed by atoms with Gasteiger partial charge in [-0.2, -0.15) is 0 Å². The Kier molecular flexibility index (Phi) is 2.72. The Labute approximate surface area is 71.4 Å². The zero-order valence-electron chi connectivity index (χ0n) is 5.48. The molecule has 5 nitrogen and oxygen atoms in total. The Morgan fingerprint density at radius 1 is 1.73 bits per heavy atom. The standard InChI is InChI=1S/C4H4ClN3O2S/c1-11-4-2(3(5)6-9)7-10-8-4/h9H,1H3/b6-3-. The molecule has 0 amide bonds. The van der Waals surface area contributed by atoms with E-state index in [0.717, 1.165) is 0 Å². The first kappa shape index (κ1) is 8.35. The average molecular weight is 194 g/mol. The third kappa shape index (κ3) is 1.63. The molecule has 0 radical (unpaired) electrons. The fraction of sp³-hybridized carbons (Fsp3) is 0.250. The maximum Gasteiger partial charge on any atom is 0.200 e. The summed E-state index contributed by atoms with van der Waals surface area (Å²) in [6.07, 6.45) is 1.78. The summed E-state index contributed by atoms with van der Waals surface area (Å²) in [6, 6.07) is 0. The number of thioether (sulfide) groups is 1. The van der Waals surface area contributed by atoms with Gasteiger partial charge in [0.1, 0.15) is 0 Å². The minimum Gasteiger partial charge on any atom is -0.410 e. The molecule has 60 valence electrons. The fourth-order valence-electron chi connectivity index (χ4n) is 0.488. The molecular formula is C4H4ClN3O2S. The number of hydrogen-bond acceptors (Lipinski definition) is 6. The van der Waals surface area contributed by atoms with Gasteiger partial charge in [-0.05, 0) is 16.6 Å². The molecule has 0 aliphatic heterocycles. The van der Waals surface area contributed by atoms with Crippen LogP contribution in [0.25, 0.3) is 0 Å². The van der Waals surface area contributed by atoms with E-state index < -0.39 is 0 Å². The Morgan fingerprint density at radius 2 is 2.45 bits per heavy atom. The van der Waals surface area contributed by atoms with Gasteiger partial charge in [-0.1, -0.05) is 16.8 Å². The maximum absolute atomic E-state index is 8.26. The monoisotopic (exact) mass is 193 g/mol. The smallest absolute Gasteiger partial charge is 0.200 e. The summed E-state index contributed by atoms with van der Waals surface area (Å²) in [6.45, 7) is 0. The van der Waals surface area contributed by atoms with E-state index in [1.54, 1.807) is 6.26 Å². The Bertz CT molecular complexity index is 274. The van der Waals surface area contributed by atoms with Gasteiger partial charge in [-0.25, -0.2) is 4.63 Å². The molecule has 1 N–H and O–H groups in total. The molecule has 0 saturated carbocycles. The van der Waals surface area contributed by atoms with Crippen molar-refractivity contribution in [2.24, 2.45) is 5.16 Å². The van der Waals surface area contributed by atoms with E-state index in [0.29, 0.717) is 5.03 Å². The number of nitrogens with zero attached hydrogens (tertiary/aromatic N) is 3. The van der Waals surface area contributed by atoms with Gasteiger partial charge in [0.2, 0.25) is 0 Å². The van der Waals surface area contributed by atoms with E-state index in [2.05, 4.69) is 20.1 Å². The van der Waals surface area contributed by atoms with E-state index in [4.69, 9.17) is 16.8 Å². The van der Waals surface area contributed by atoms with Crippen molar-refractivity contribution in [3.8, 4) is 0 Å². The Hall–Kier alpha value is -0.750. The van der Waals surface area contributed by atoms with Crippen LogP contribution in [-0.2, 0) is 0 Å². The van der Waals surface area contributed by atoms with Crippen molar-refractivity contribution in [1.29, 1.82) is 0 Å². The number of hydrogen-bond donors (Lipinski definition) is 1. The second-order valence-corrected chi connectivity index (χ2v) is 2.67. The maximum atomic E-state index is 8.26. The molecule has 7 heteroatoms. The fourth-order valence-corrected chi connectivity index (χ4v) is 1.10. The molecule has 0 saturated heterocycles. The molecule has 0 fully saturated rings. The highest BCUT2D eigenvalue weighted by molar-refractivity contribution is 7.98. The molecule has 1 heterocycles. The van der Waals surface area contributed by atoms with Gasteiger partial charge < -0.3 is 5.21 Å².